The van der Waals surface area contributed by atoms with E-state index in [0.29, 0.717) is 29.5 Å². The molecule has 4 rings (SSSR count). The summed E-state index contributed by atoms with van der Waals surface area (Å²) < 4.78 is 119. The van der Waals surface area contributed by atoms with Crippen LogP contribution in [0.15, 0.2) is 82.6 Å². The molecule has 246 valence electrons. The minimum atomic E-state index is -6.06. The summed E-state index contributed by atoms with van der Waals surface area (Å²) in [6.45, 7) is 10.8. The molecular formula is C29H33F3Li2N3O7S3+. The van der Waals surface area contributed by atoms with Crippen LogP contribution in [0.5, 0.6) is 0 Å². The maximum atomic E-state index is 12.5. The molecule has 4 aromatic carbocycles. The van der Waals surface area contributed by atoms with E-state index in [4.69, 9.17) is 0 Å². The van der Waals surface area contributed by atoms with E-state index < -0.39 is 40.6 Å². The molecule has 0 aliphatic heterocycles. The SMILES string of the molecule is CCN(CC)c1ccc(S(=O)(=O)NS(=O)(=O)C(F)(F)F)c2ccccc12.CCN(CC)c1ccc(S(=O)(=O)[O-])c2ccccc12.[Li+].[Li+]. The molecule has 18 heteroatoms. The van der Waals surface area contributed by atoms with Crippen molar-refractivity contribution in [2.45, 2.75) is 43.0 Å². The molecule has 10 nitrogen and oxygen atoms in total. The fourth-order valence-corrected chi connectivity index (χ4v) is 8.17. The van der Waals surface area contributed by atoms with Gasteiger partial charge in [0.1, 0.15) is 10.1 Å². The van der Waals surface area contributed by atoms with Crippen LogP contribution >= 0.6 is 0 Å². The van der Waals surface area contributed by atoms with Gasteiger partial charge in [0, 0.05) is 59.1 Å². The van der Waals surface area contributed by atoms with Gasteiger partial charge in [-0.3, -0.25) is 0 Å². The summed E-state index contributed by atoms with van der Waals surface area (Å²) in [5.41, 5.74) is -4.09. The van der Waals surface area contributed by atoms with Gasteiger partial charge in [-0.2, -0.15) is 13.2 Å². The zero-order chi connectivity index (χ0) is 33.8. The van der Waals surface area contributed by atoms with Crippen LogP contribution < -0.4 is 51.6 Å². The van der Waals surface area contributed by atoms with Gasteiger partial charge in [-0.25, -0.2) is 25.3 Å². The minimum absolute atomic E-state index is 0. The fourth-order valence-electron chi connectivity index (χ4n) is 4.88. The third-order valence-corrected chi connectivity index (χ3v) is 11.2. The summed E-state index contributed by atoms with van der Waals surface area (Å²) in [6.07, 6.45) is 0. The number of sulfonamides is 2. The van der Waals surface area contributed by atoms with Crippen LogP contribution in [0.3, 0.4) is 0 Å². The Morgan fingerprint density at radius 1 is 0.596 bits per heavy atom. The molecule has 0 saturated carbocycles. The number of rotatable bonds is 10. The predicted molar refractivity (Wildman–Crippen MR) is 168 cm³/mol. The van der Waals surface area contributed by atoms with Crippen LogP contribution in [0, 0.1) is 0 Å². The van der Waals surface area contributed by atoms with Gasteiger partial charge in [0.2, 0.25) is 0 Å². The van der Waals surface area contributed by atoms with E-state index >= 15 is 0 Å². The molecule has 0 fully saturated rings. The molecule has 0 bridgehead atoms. The van der Waals surface area contributed by atoms with Crippen LogP contribution in [-0.2, 0) is 30.2 Å². The molecule has 1 N–H and O–H groups in total. The van der Waals surface area contributed by atoms with Crippen molar-refractivity contribution in [2.75, 3.05) is 36.0 Å². The molecular weight excluding hydrogens is 669 g/mol. The molecule has 4 aromatic rings. The van der Waals surface area contributed by atoms with Gasteiger partial charge in [-0.05, 0) is 52.0 Å². The Hall–Kier alpha value is -2.25. The molecule has 0 unspecified atom stereocenters. The van der Waals surface area contributed by atoms with Crippen molar-refractivity contribution in [2.24, 2.45) is 0 Å². The maximum Gasteiger partial charge on any atom is 1.00 e. The third-order valence-electron chi connectivity index (χ3n) is 7.01. The molecule has 0 aromatic heterocycles. The number of alkyl halides is 3. The summed E-state index contributed by atoms with van der Waals surface area (Å²) in [6, 6.07) is 19.0. The first-order valence-corrected chi connectivity index (χ1v) is 18.1. The van der Waals surface area contributed by atoms with E-state index in [1.54, 1.807) is 30.3 Å². The van der Waals surface area contributed by atoms with Crippen molar-refractivity contribution in [1.82, 2.24) is 4.13 Å². The molecule has 0 aliphatic rings. The summed E-state index contributed by atoms with van der Waals surface area (Å²) >= 11 is 0. The first-order valence-electron chi connectivity index (χ1n) is 13.8. The van der Waals surface area contributed by atoms with Crippen LogP contribution in [0.25, 0.3) is 21.5 Å². The molecule has 0 heterocycles. The van der Waals surface area contributed by atoms with Crippen molar-refractivity contribution >= 4 is 63.1 Å². The van der Waals surface area contributed by atoms with Crippen LogP contribution in [0.2, 0.25) is 0 Å². The number of fused-ring (bicyclic) bond motifs is 2. The van der Waals surface area contributed by atoms with Gasteiger partial charge in [0.05, 0.1) is 9.79 Å². The fraction of sp³-hybridized carbons (Fsp3) is 0.310. The first kappa shape index (κ1) is 42.8. The molecule has 47 heavy (non-hydrogen) atoms. The van der Waals surface area contributed by atoms with Crippen LogP contribution in [0.4, 0.5) is 24.5 Å². The second-order valence-electron chi connectivity index (χ2n) is 9.59. The van der Waals surface area contributed by atoms with Crippen molar-refractivity contribution in [3.63, 3.8) is 0 Å². The van der Waals surface area contributed by atoms with E-state index in [9.17, 15) is 43.0 Å². The molecule has 0 radical (unpaired) electrons. The summed E-state index contributed by atoms with van der Waals surface area (Å²) in [5.74, 6) is 0. The van der Waals surface area contributed by atoms with E-state index in [2.05, 4.69) is 4.90 Å². The average molecular weight is 703 g/mol. The second kappa shape index (κ2) is 16.9. The Kier molecular flexibility index (Phi) is 15.4. The number of benzene rings is 4. The zero-order valence-corrected chi connectivity index (χ0v) is 29.3. The first-order chi connectivity index (χ1) is 20.9. The Morgan fingerprint density at radius 2 is 0.936 bits per heavy atom. The molecule has 0 amide bonds. The number of nitrogens with zero attached hydrogens (tertiary/aromatic N) is 2. The quantitative estimate of drug-likeness (QED) is 0.170. The molecule has 0 spiro atoms. The van der Waals surface area contributed by atoms with Gasteiger partial charge in [-0.15, -0.1) is 0 Å². The minimum Gasteiger partial charge on any atom is -0.744 e. The smallest absolute Gasteiger partial charge is 0.744 e. The van der Waals surface area contributed by atoms with Gasteiger partial charge in [0.15, 0.2) is 0 Å². The molecule has 0 aliphatic carbocycles. The summed E-state index contributed by atoms with van der Waals surface area (Å²) in [5, 5.41) is 1.90. The van der Waals surface area contributed by atoms with Gasteiger partial charge in [0.25, 0.3) is 10.0 Å². The van der Waals surface area contributed by atoms with Gasteiger partial charge < -0.3 is 14.4 Å². The summed E-state index contributed by atoms with van der Waals surface area (Å²) in [7, 11) is -15.5. The zero-order valence-electron chi connectivity index (χ0n) is 26.9. The standard InChI is InChI=1S/C15H17F3N2O4S2.C14H17NO3S.2Li/c1-3-20(4-2)13-9-10-14(12-8-6-5-7-11(12)13)25(21,22)19-26(23,24)15(16,17)18;1-3-15(4-2)13-9-10-14(19(16,17)18)12-8-6-5-7-11(12)13;;/h5-10,19H,3-4H2,1-2H3;5-10H,3-4H2,1-2H3,(H,16,17,18);;/q;;2*+1/p-1. The van der Waals surface area contributed by atoms with Crippen LogP contribution in [0.1, 0.15) is 27.7 Å². The van der Waals surface area contributed by atoms with E-state index in [1.807, 2.05) is 44.7 Å². The normalized spacial score (nSPS) is 12.0. The number of halogens is 3. The number of hydrogen-bond donors (Lipinski definition) is 1. The van der Waals surface area contributed by atoms with E-state index in [1.165, 1.54) is 24.3 Å². The van der Waals surface area contributed by atoms with Gasteiger partial charge >= 0.3 is 53.3 Å². The topological polar surface area (TPSA) is 144 Å². The van der Waals surface area contributed by atoms with Crippen LogP contribution in [-0.4, -0.2) is 61.5 Å². The second-order valence-corrected chi connectivity index (χ2v) is 14.5. The average Bonchev–Trinajstić information content (AvgIpc) is 2.97. The Balaban J connectivity index is 0.000000470. The van der Waals surface area contributed by atoms with Crippen molar-refractivity contribution in [3.8, 4) is 0 Å². The maximum absolute atomic E-state index is 12.5. The predicted octanol–water partition coefficient (Wildman–Crippen LogP) is -0.588. The third kappa shape index (κ3) is 9.68. The molecule has 0 atom stereocenters. The monoisotopic (exact) mass is 702 g/mol. The number of nitrogens with one attached hydrogen (secondary N) is 1. The Labute approximate surface area is 297 Å². The van der Waals surface area contributed by atoms with E-state index in [-0.39, 0.29) is 48.0 Å². The Bertz CT molecular complexity index is 2010. The van der Waals surface area contributed by atoms with Crippen molar-refractivity contribution in [3.05, 3.63) is 72.8 Å². The molecule has 0 saturated heterocycles. The van der Waals surface area contributed by atoms with Gasteiger partial charge in [-0.1, -0.05) is 52.7 Å². The number of hydrogen-bond acceptors (Lipinski definition) is 9. The van der Waals surface area contributed by atoms with Crippen molar-refractivity contribution < 1.29 is 80.7 Å². The summed E-state index contributed by atoms with van der Waals surface area (Å²) in [4.78, 5) is 3.37. The Morgan fingerprint density at radius 3 is 1.28 bits per heavy atom. The van der Waals surface area contributed by atoms with E-state index in [0.717, 1.165) is 34.4 Å². The van der Waals surface area contributed by atoms with Crippen molar-refractivity contribution in [1.29, 1.82) is 0 Å². The largest absolute Gasteiger partial charge is 1.00 e. The number of anilines is 2.